The fourth-order valence-electron chi connectivity index (χ4n) is 0. The maximum Gasteiger partial charge on any atom is 0.324 e. The summed E-state index contributed by atoms with van der Waals surface area (Å²) in [6.45, 7) is 0. The van der Waals surface area contributed by atoms with E-state index < -0.39 is 5.71 Å². The van der Waals surface area contributed by atoms with Gasteiger partial charge < -0.3 is 5.11 Å². The van der Waals surface area contributed by atoms with Gasteiger partial charge in [-0.15, -0.1) is 8.93 Å². The molecule has 0 fully saturated rings. The molecule has 2 unspecified atom stereocenters. The van der Waals surface area contributed by atoms with Gasteiger partial charge in [-0.2, -0.15) is 0 Å². The second-order valence-corrected chi connectivity index (χ2v) is 2.03. The lowest BCUT2D eigenvalue weighted by Crippen LogP contribution is -1.69. The second-order valence-electron chi connectivity index (χ2n) is 0.449. The Labute approximate surface area is 33.8 Å². The second kappa shape index (κ2) is 2.56. The minimum atomic E-state index is -0.755. The van der Waals surface area contributed by atoms with Gasteiger partial charge >= 0.3 is 5.71 Å². The average molecular weight is 110 g/mol. The van der Waals surface area contributed by atoms with Crippen LogP contribution in [-0.4, -0.2) is 10.8 Å². The standard InChI is InChI=1S/CH4O2P2/c2-1(3)5-4/h5H,4H2,(H,2,3). The molecule has 0 saturated carbocycles. The van der Waals surface area contributed by atoms with Crippen molar-refractivity contribution in [2.75, 3.05) is 0 Å². The van der Waals surface area contributed by atoms with Crippen LogP contribution in [0, 0.1) is 0 Å². The molecule has 5 heavy (non-hydrogen) atoms. The summed E-state index contributed by atoms with van der Waals surface area (Å²) in [5.41, 5.74) is -0.755. The van der Waals surface area contributed by atoms with Crippen molar-refractivity contribution in [3.8, 4) is 0 Å². The lowest BCUT2D eigenvalue weighted by Gasteiger charge is -1.72. The minimum absolute atomic E-state index is 0.0525. The van der Waals surface area contributed by atoms with Crippen LogP contribution in [0.3, 0.4) is 0 Å². The first kappa shape index (κ1) is 5.33. The molecule has 2 atom stereocenters. The van der Waals surface area contributed by atoms with Crippen LogP contribution in [0.15, 0.2) is 0 Å². The zero-order chi connectivity index (χ0) is 4.28. The number of carboxylic acid groups (broad SMARTS) is 1. The van der Waals surface area contributed by atoms with Crippen LogP contribution in [-0.2, 0) is 0 Å². The first-order chi connectivity index (χ1) is 2.27. The maximum absolute atomic E-state index is 9.36. The van der Waals surface area contributed by atoms with Crippen LogP contribution in [0.25, 0.3) is 0 Å². The Hall–Kier alpha value is 0.330. The molecule has 0 aliphatic rings. The van der Waals surface area contributed by atoms with Crippen LogP contribution in [0.1, 0.15) is 0 Å². The summed E-state index contributed by atoms with van der Waals surface area (Å²) >= 11 is 0. The van der Waals surface area contributed by atoms with Crippen molar-refractivity contribution in [2.45, 2.75) is 0 Å². The lowest BCUT2D eigenvalue weighted by molar-refractivity contribution is 0.222. The highest BCUT2D eigenvalue weighted by molar-refractivity contribution is 8.11. The highest BCUT2D eigenvalue weighted by atomic mass is 32.0. The van der Waals surface area contributed by atoms with Gasteiger partial charge in [0.05, 0.1) is 0 Å². The molecule has 0 saturated heterocycles. The summed E-state index contributed by atoms with van der Waals surface area (Å²) in [5.74, 6) is 0. The van der Waals surface area contributed by atoms with Crippen LogP contribution >= 0.6 is 17.2 Å². The molecule has 0 aliphatic carbocycles. The molecule has 0 amide bonds. The molecule has 0 spiro atoms. The van der Waals surface area contributed by atoms with Gasteiger partial charge in [0.2, 0.25) is 0 Å². The van der Waals surface area contributed by atoms with Gasteiger partial charge in [0, 0.05) is 8.27 Å². The Kier molecular flexibility index (Phi) is 2.73. The molecular weight excluding hydrogens is 106 g/mol. The molecule has 2 nitrogen and oxygen atoms in total. The summed E-state index contributed by atoms with van der Waals surface area (Å²) in [7, 11) is 2.07. The number of hydrogen-bond acceptors (Lipinski definition) is 1. The summed E-state index contributed by atoms with van der Waals surface area (Å²) in [6.07, 6.45) is 0. The van der Waals surface area contributed by atoms with Crippen molar-refractivity contribution >= 4 is 22.9 Å². The predicted molar refractivity (Wildman–Crippen MR) is 26.0 cm³/mol. The van der Waals surface area contributed by atoms with Crippen LogP contribution in [0.4, 0.5) is 4.79 Å². The van der Waals surface area contributed by atoms with Crippen molar-refractivity contribution < 1.29 is 9.90 Å². The third kappa shape index (κ3) is 4.33. The molecule has 0 rings (SSSR count). The van der Waals surface area contributed by atoms with Gasteiger partial charge in [0.25, 0.3) is 0 Å². The molecule has 0 heterocycles. The molecule has 0 bridgehead atoms. The topological polar surface area (TPSA) is 37.3 Å². The molecule has 30 valence electrons. The summed E-state index contributed by atoms with van der Waals surface area (Å²) in [5, 5.41) is 7.71. The van der Waals surface area contributed by atoms with E-state index in [1.165, 1.54) is 0 Å². The first-order valence-electron chi connectivity index (χ1n) is 0.966. The normalized spacial score (nSPS) is 9.80. The summed E-state index contributed by atoms with van der Waals surface area (Å²) in [6, 6.07) is 0. The molecule has 1 N–H and O–H groups in total. The average Bonchev–Trinajstić information content (AvgIpc) is 1.38. The van der Waals surface area contributed by atoms with E-state index in [2.05, 4.69) is 8.93 Å². The SMILES string of the molecule is O=C(O)PP. The van der Waals surface area contributed by atoms with Crippen molar-refractivity contribution in [1.29, 1.82) is 0 Å². The Morgan fingerprint density at radius 3 is 2.20 bits per heavy atom. The molecule has 0 aliphatic heterocycles. The number of rotatable bonds is 1. The van der Waals surface area contributed by atoms with Gasteiger partial charge in [-0.05, 0) is 0 Å². The molecular formula is CH4O2P2. The Balaban J connectivity index is 2.85. The van der Waals surface area contributed by atoms with Crippen molar-refractivity contribution in [3.63, 3.8) is 0 Å². The number of carbonyl (C=O) groups is 1. The van der Waals surface area contributed by atoms with Gasteiger partial charge in [0.1, 0.15) is 0 Å². The van der Waals surface area contributed by atoms with E-state index in [4.69, 9.17) is 5.11 Å². The van der Waals surface area contributed by atoms with Crippen molar-refractivity contribution in [1.82, 2.24) is 0 Å². The van der Waals surface area contributed by atoms with E-state index in [0.717, 1.165) is 0 Å². The Morgan fingerprint density at radius 2 is 2.20 bits per heavy atom. The molecule has 0 aromatic rings. The summed E-state index contributed by atoms with van der Waals surface area (Å²) in [4.78, 5) is 9.36. The Morgan fingerprint density at radius 1 is 2.00 bits per heavy atom. The fraction of sp³-hybridized carbons (Fsp3) is 0. The van der Waals surface area contributed by atoms with E-state index in [1.54, 1.807) is 0 Å². The van der Waals surface area contributed by atoms with Gasteiger partial charge in [0.15, 0.2) is 0 Å². The van der Waals surface area contributed by atoms with Crippen molar-refractivity contribution in [2.24, 2.45) is 0 Å². The zero-order valence-electron chi connectivity index (χ0n) is 2.43. The predicted octanol–water partition coefficient (Wildman–Crippen LogP) is 1.13. The molecule has 0 aromatic carbocycles. The Bertz CT molecular complexity index is 42.9. The number of hydrogen-bond donors (Lipinski definition) is 1. The largest absolute Gasteiger partial charge is 0.478 e. The molecule has 0 aromatic heterocycles. The van der Waals surface area contributed by atoms with E-state index in [1.807, 2.05) is 0 Å². The zero-order valence-corrected chi connectivity index (χ0v) is 4.59. The molecule has 4 heteroatoms. The van der Waals surface area contributed by atoms with Gasteiger partial charge in [-0.3, -0.25) is 0 Å². The van der Waals surface area contributed by atoms with Crippen LogP contribution < -0.4 is 0 Å². The quantitative estimate of drug-likeness (QED) is 0.513. The minimum Gasteiger partial charge on any atom is -0.478 e. The third-order valence-electron chi connectivity index (χ3n) is 0.123. The highest BCUT2D eigenvalue weighted by Crippen LogP contribution is 2.19. The van der Waals surface area contributed by atoms with Crippen LogP contribution in [0.2, 0.25) is 0 Å². The maximum atomic E-state index is 9.36. The first-order valence-corrected chi connectivity index (χ1v) is 3.78. The van der Waals surface area contributed by atoms with E-state index in [0.29, 0.717) is 0 Å². The van der Waals surface area contributed by atoms with Crippen LogP contribution in [0.5, 0.6) is 0 Å². The van der Waals surface area contributed by atoms with E-state index >= 15 is 0 Å². The molecule has 0 radical (unpaired) electrons. The van der Waals surface area contributed by atoms with Gasteiger partial charge in [-0.25, -0.2) is 4.79 Å². The third-order valence-corrected chi connectivity index (χ3v) is 1.11. The highest BCUT2D eigenvalue weighted by Gasteiger charge is 1.80. The monoisotopic (exact) mass is 110 g/mol. The van der Waals surface area contributed by atoms with E-state index in [9.17, 15) is 4.79 Å². The van der Waals surface area contributed by atoms with Gasteiger partial charge in [-0.1, -0.05) is 0 Å². The van der Waals surface area contributed by atoms with Crippen molar-refractivity contribution in [3.05, 3.63) is 0 Å². The smallest absolute Gasteiger partial charge is 0.324 e. The summed E-state index contributed by atoms with van der Waals surface area (Å²) < 4.78 is 0. The lowest BCUT2D eigenvalue weighted by atomic mass is 11.6. The van der Waals surface area contributed by atoms with E-state index in [-0.39, 0.29) is 8.27 Å². The fourth-order valence-corrected chi connectivity index (χ4v) is 0.